The van der Waals surface area contributed by atoms with Crippen LogP contribution in [-0.2, 0) is 0 Å². The number of H-pyrrole nitrogens is 1. The van der Waals surface area contributed by atoms with Gasteiger partial charge in [-0.25, -0.2) is 4.39 Å². The molecule has 0 unspecified atom stereocenters. The molecule has 2 aromatic carbocycles. The predicted octanol–water partition coefficient (Wildman–Crippen LogP) is 3.33. The highest BCUT2D eigenvalue weighted by Gasteiger charge is 2.17. The Morgan fingerprint density at radius 1 is 1.10 bits per heavy atom. The number of rotatable bonds is 2. The molecule has 0 aliphatic rings. The molecule has 2 N–H and O–H groups in total. The molecule has 1 aromatic heterocycles. The van der Waals surface area contributed by atoms with E-state index in [0.29, 0.717) is 5.69 Å². The third-order valence-corrected chi connectivity index (χ3v) is 3.29. The number of benzene rings is 2. The summed E-state index contributed by atoms with van der Waals surface area (Å²) in [5.41, 5.74) is 2.97. The Kier molecular flexibility index (Phi) is 2.99. The summed E-state index contributed by atoms with van der Waals surface area (Å²) in [6, 6.07) is 13.8. The lowest BCUT2D eigenvalue weighted by Crippen LogP contribution is -2.18. The number of halogens is 1. The van der Waals surface area contributed by atoms with E-state index in [4.69, 9.17) is 0 Å². The van der Waals surface area contributed by atoms with Gasteiger partial charge < -0.3 is 10.3 Å². The van der Waals surface area contributed by atoms with Crippen LogP contribution in [0, 0.1) is 5.82 Å². The number of amides is 1. The van der Waals surface area contributed by atoms with Gasteiger partial charge in [0.25, 0.3) is 5.91 Å². The Hall–Kier alpha value is -2.62. The number of carbonyl (C=O) groups is 1. The monoisotopic (exact) mass is 268 g/mol. The molecule has 1 heterocycles. The van der Waals surface area contributed by atoms with Crippen LogP contribution in [0.5, 0.6) is 0 Å². The molecule has 4 heteroatoms. The van der Waals surface area contributed by atoms with Crippen molar-refractivity contribution in [3.05, 3.63) is 60.0 Å². The molecule has 0 radical (unpaired) electrons. The topological polar surface area (TPSA) is 44.9 Å². The van der Waals surface area contributed by atoms with Crippen LogP contribution in [0.4, 0.5) is 4.39 Å². The summed E-state index contributed by atoms with van der Waals surface area (Å²) in [7, 11) is 1.59. The van der Waals surface area contributed by atoms with E-state index in [1.165, 1.54) is 12.1 Å². The summed E-state index contributed by atoms with van der Waals surface area (Å²) in [4.78, 5) is 15.1. The molecule has 3 rings (SSSR count). The fourth-order valence-corrected chi connectivity index (χ4v) is 2.35. The second kappa shape index (κ2) is 4.81. The standard InChI is InChI=1S/C16H13FN2O/c1-18-16(20)15-14(10-6-8-11(17)9-7-10)12-4-2-3-5-13(12)19-15/h2-9,19H,1H3,(H,18,20). The second-order valence-corrected chi connectivity index (χ2v) is 4.51. The Bertz CT molecular complexity index is 775. The molecular weight excluding hydrogens is 255 g/mol. The Labute approximate surface area is 115 Å². The van der Waals surface area contributed by atoms with E-state index in [0.717, 1.165) is 22.0 Å². The van der Waals surface area contributed by atoms with E-state index >= 15 is 0 Å². The first-order chi connectivity index (χ1) is 9.70. The highest BCUT2D eigenvalue weighted by atomic mass is 19.1. The van der Waals surface area contributed by atoms with Crippen LogP contribution in [0.15, 0.2) is 48.5 Å². The number of nitrogens with one attached hydrogen (secondary N) is 2. The van der Waals surface area contributed by atoms with Gasteiger partial charge >= 0.3 is 0 Å². The number of para-hydroxylation sites is 1. The van der Waals surface area contributed by atoms with Crippen LogP contribution in [0.2, 0.25) is 0 Å². The van der Waals surface area contributed by atoms with Crippen molar-refractivity contribution in [2.24, 2.45) is 0 Å². The molecule has 0 atom stereocenters. The smallest absolute Gasteiger partial charge is 0.268 e. The van der Waals surface area contributed by atoms with Crippen molar-refractivity contribution in [3.8, 4) is 11.1 Å². The molecule has 100 valence electrons. The van der Waals surface area contributed by atoms with E-state index in [1.54, 1.807) is 19.2 Å². The molecule has 0 aliphatic carbocycles. The quantitative estimate of drug-likeness (QED) is 0.735. The molecule has 3 nitrogen and oxygen atoms in total. The normalized spacial score (nSPS) is 10.7. The van der Waals surface area contributed by atoms with E-state index in [-0.39, 0.29) is 11.7 Å². The molecule has 0 bridgehead atoms. The molecule has 0 spiro atoms. The van der Waals surface area contributed by atoms with Gasteiger partial charge in [0.1, 0.15) is 11.5 Å². The summed E-state index contributed by atoms with van der Waals surface area (Å²) in [5.74, 6) is -0.490. The van der Waals surface area contributed by atoms with Gasteiger partial charge in [-0.15, -0.1) is 0 Å². The van der Waals surface area contributed by atoms with Crippen molar-refractivity contribution in [1.29, 1.82) is 0 Å². The summed E-state index contributed by atoms with van der Waals surface area (Å²) in [6.45, 7) is 0. The fourth-order valence-electron chi connectivity index (χ4n) is 2.35. The van der Waals surface area contributed by atoms with E-state index < -0.39 is 0 Å². The number of hydrogen-bond donors (Lipinski definition) is 2. The van der Waals surface area contributed by atoms with Crippen molar-refractivity contribution in [2.45, 2.75) is 0 Å². The summed E-state index contributed by atoms with van der Waals surface area (Å²) >= 11 is 0. The van der Waals surface area contributed by atoms with Gasteiger partial charge in [0.05, 0.1) is 0 Å². The summed E-state index contributed by atoms with van der Waals surface area (Å²) < 4.78 is 13.1. The SMILES string of the molecule is CNC(=O)c1[nH]c2ccccc2c1-c1ccc(F)cc1. The highest BCUT2D eigenvalue weighted by Crippen LogP contribution is 2.32. The van der Waals surface area contributed by atoms with Crippen LogP contribution in [0.25, 0.3) is 22.0 Å². The highest BCUT2D eigenvalue weighted by molar-refractivity contribution is 6.09. The predicted molar refractivity (Wildman–Crippen MR) is 77.1 cm³/mol. The number of carbonyl (C=O) groups excluding carboxylic acids is 1. The third-order valence-electron chi connectivity index (χ3n) is 3.29. The molecule has 0 saturated carbocycles. The molecule has 0 saturated heterocycles. The van der Waals surface area contributed by atoms with Gasteiger partial charge in [-0.2, -0.15) is 0 Å². The first-order valence-corrected chi connectivity index (χ1v) is 6.29. The third kappa shape index (κ3) is 1.95. The fraction of sp³-hybridized carbons (Fsp3) is 0.0625. The van der Waals surface area contributed by atoms with Crippen LogP contribution in [0.3, 0.4) is 0 Å². The molecule has 20 heavy (non-hydrogen) atoms. The minimum atomic E-state index is -0.296. The molecule has 3 aromatic rings. The lowest BCUT2D eigenvalue weighted by atomic mass is 10.0. The van der Waals surface area contributed by atoms with E-state index in [9.17, 15) is 9.18 Å². The van der Waals surface area contributed by atoms with Gasteiger partial charge in [0, 0.05) is 23.5 Å². The molecule has 0 aliphatic heterocycles. The van der Waals surface area contributed by atoms with Crippen molar-refractivity contribution in [1.82, 2.24) is 10.3 Å². The zero-order valence-electron chi connectivity index (χ0n) is 10.9. The molecule has 1 amide bonds. The summed E-state index contributed by atoms with van der Waals surface area (Å²) in [6.07, 6.45) is 0. The van der Waals surface area contributed by atoms with Crippen LogP contribution in [0.1, 0.15) is 10.5 Å². The molecular formula is C16H13FN2O. The van der Waals surface area contributed by atoms with Crippen molar-refractivity contribution in [2.75, 3.05) is 7.05 Å². The van der Waals surface area contributed by atoms with Gasteiger partial charge in [-0.3, -0.25) is 4.79 Å². The van der Waals surface area contributed by atoms with Gasteiger partial charge in [-0.1, -0.05) is 30.3 Å². The average Bonchev–Trinajstić information content (AvgIpc) is 2.87. The van der Waals surface area contributed by atoms with Crippen molar-refractivity contribution >= 4 is 16.8 Å². The minimum Gasteiger partial charge on any atom is -0.354 e. The van der Waals surface area contributed by atoms with Crippen molar-refractivity contribution in [3.63, 3.8) is 0 Å². The van der Waals surface area contributed by atoms with Crippen LogP contribution in [-0.4, -0.2) is 17.9 Å². The minimum absolute atomic E-state index is 0.194. The first-order valence-electron chi connectivity index (χ1n) is 6.29. The zero-order chi connectivity index (χ0) is 14.1. The average molecular weight is 268 g/mol. The van der Waals surface area contributed by atoms with Crippen molar-refractivity contribution < 1.29 is 9.18 Å². The summed E-state index contributed by atoms with van der Waals surface area (Å²) in [5, 5.41) is 3.56. The second-order valence-electron chi connectivity index (χ2n) is 4.51. The number of fused-ring (bicyclic) bond motifs is 1. The van der Waals surface area contributed by atoms with Crippen LogP contribution >= 0.6 is 0 Å². The van der Waals surface area contributed by atoms with E-state index in [1.807, 2.05) is 24.3 Å². The lowest BCUT2D eigenvalue weighted by Gasteiger charge is -2.04. The first kappa shape index (κ1) is 12.4. The Morgan fingerprint density at radius 2 is 1.80 bits per heavy atom. The lowest BCUT2D eigenvalue weighted by molar-refractivity contribution is 0.0959. The zero-order valence-corrected chi connectivity index (χ0v) is 10.9. The maximum atomic E-state index is 13.1. The number of aromatic amines is 1. The Balaban J connectivity index is 2.31. The van der Waals surface area contributed by atoms with Gasteiger partial charge in [0.2, 0.25) is 0 Å². The van der Waals surface area contributed by atoms with Crippen LogP contribution < -0.4 is 5.32 Å². The maximum Gasteiger partial charge on any atom is 0.268 e. The largest absolute Gasteiger partial charge is 0.354 e. The number of aromatic nitrogens is 1. The maximum absolute atomic E-state index is 13.1. The van der Waals surface area contributed by atoms with Gasteiger partial charge in [-0.05, 0) is 23.8 Å². The molecule has 0 fully saturated rings. The van der Waals surface area contributed by atoms with E-state index in [2.05, 4.69) is 10.3 Å². The number of hydrogen-bond acceptors (Lipinski definition) is 1. The van der Waals surface area contributed by atoms with Gasteiger partial charge in [0.15, 0.2) is 0 Å². The Morgan fingerprint density at radius 3 is 2.50 bits per heavy atom.